The fourth-order valence-electron chi connectivity index (χ4n) is 2.90. The minimum Gasteiger partial charge on any atom is -0.480 e. The van der Waals surface area contributed by atoms with Crippen molar-refractivity contribution in [2.45, 2.75) is 24.8 Å². The molecule has 1 aliphatic heterocycles. The van der Waals surface area contributed by atoms with Crippen LogP contribution < -0.4 is 5.32 Å². The monoisotopic (exact) mass is 336 g/mol. The Hall–Kier alpha value is -2.02. The molecule has 0 bridgehead atoms. The number of aromatic nitrogens is 1. The molecule has 0 unspecified atom stereocenters. The summed E-state index contributed by atoms with van der Waals surface area (Å²) in [6, 6.07) is 4.33. The summed E-state index contributed by atoms with van der Waals surface area (Å²) in [4.78, 5) is 26.9. The number of hydrogen-bond donors (Lipinski definition) is 3. The van der Waals surface area contributed by atoms with Crippen molar-refractivity contribution in [3.05, 3.63) is 35.8 Å². The van der Waals surface area contributed by atoms with Gasteiger partial charge < -0.3 is 15.4 Å². The number of halogens is 1. The van der Waals surface area contributed by atoms with Gasteiger partial charge in [-0.25, -0.2) is 9.18 Å². The number of benzene rings is 1. The highest BCUT2D eigenvalue weighted by atomic mass is 32.2. The van der Waals surface area contributed by atoms with Gasteiger partial charge in [-0.1, -0.05) is 0 Å². The molecule has 5 nitrogen and oxygen atoms in total. The van der Waals surface area contributed by atoms with E-state index >= 15 is 0 Å². The highest BCUT2D eigenvalue weighted by Gasteiger charge is 2.41. The lowest BCUT2D eigenvalue weighted by Gasteiger charge is -2.33. The van der Waals surface area contributed by atoms with Gasteiger partial charge in [0.2, 0.25) is 5.91 Å². The third-order valence-corrected chi connectivity index (χ3v) is 5.20. The predicted molar refractivity (Wildman–Crippen MR) is 87.0 cm³/mol. The summed E-state index contributed by atoms with van der Waals surface area (Å²) >= 11 is 1.70. The average molecular weight is 336 g/mol. The molecule has 2 heterocycles. The van der Waals surface area contributed by atoms with Crippen LogP contribution in [0.2, 0.25) is 0 Å². The minimum atomic E-state index is -1.17. The predicted octanol–water partition coefficient (Wildman–Crippen LogP) is 2.32. The van der Waals surface area contributed by atoms with E-state index in [0.29, 0.717) is 18.4 Å². The Morgan fingerprint density at radius 2 is 2.09 bits per heavy atom. The maximum Gasteiger partial charge on any atom is 0.329 e. The zero-order valence-electron chi connectivity index (χ0n) is 12.4. The van der Waals surface area contributed by atoms with Crippen LogP contribution in [0.3, 0.4) is 0 Å². The SMILES string of the molecule is O=C(Cc1c[nH]c2cc(F)ccc12)NC1(C(=O)O)CCSCC1. The molecule has 0 aliphatic carbocycles. The number of aliphatic carboxylic acids is 1. The first-order valence-corrected chi connectivity index (χ1v) is 8.53. The Morgan fingerprint density at radius 1 is 1.35 bits per heavy atom. The van der Waals surface area contributed by atoms with E-state index in [1.807, 2.05) is 0 Å². The van der Waals surface area contributed by atoms with Crippen molar-refractivity contribution in [1.82, 2.24) is 10.3 Å². The van der Waals surface area contributed by atoms with E-state index in [0.717, 1.165) is 22.5 Å². The number of H-pyrrole nitrogens is 1. The van der Waals surface area contributed by atoms with Gasteiger partial charge in [0.1, 0.15) is 11.4 Å². The molecule has 0 radical (unpaired) electrons. The Bertz CT molecular complexity index is 753. The number of thioether (sulfide) groups is 1. The van der Waals surface area contributed by atoms with Gasteiger partial charge in [0.25, 0.3) is 0 Å². The van der Waals surface area contributed by atoms with Crippen molar-refractivity contribution in [3.63, 3.8) is 0 Å². The van der Waals surface area contributed by atoms with Crippen LogP contribution in [0.5, 0.6) is 0 Å². The van der Waals surface area contributed by atoms with E-state index in [9.17, 15) is 19.1 Å². The molecule has 0 atom stereocenters. The molecule has 1 aromatic heterocycles. The van der Waals surface area contributed by atoms with Crippen LogP contribution in [0.4, 0.5) is 4.39 Å². The summed E-state index contributed by atoms with van der Waals surface area (Å²) < 4.78 is 13.2. The molecule has 3 rings (SSSR count). The van der Waals surface area contributed by atoms with E-state index in [1.165, 1.54) is 12.1 Å². The van der Waals surface area contributed by atoms with E-state index in [2.05, 4.69) is 10.3 Å². The third kappa shape index (κ3) is 3.19. The standard InChI is InChI=1S/C16H17FN2O3S/c17-11-1-2-12-10(9-18-13(12)8-11)7-14(20)19-16(15(21)22)3-5-23-6-4-16/h1-2,8-9,18H,3-7H2,(H,19,20)(H,21,22). The van der Waals surface area contributed by atoms with Gasteiger partial charge in [0, 0.05) is 17.1 Å². The molecular formula is C16H17FN2O3S. The topological polar surface area (TPSA) is 82.2 Å². The molecule has 0 saturated carbocycles. The van der Waals surface area contributed by atoms with Crippen molar-refractivity contribution in [2.75, 3.05) is 11.5 Å². The number of nitrogens with one attached hydrogen (secondary N) is 2. The van der Waals surface area contributed by atoms with Crippen LogP contribution >= 0.6 is 11.8 Å². The number of hydrogen-bond acceptors (Lipinski definition) is 3. The van der Waals surface area contributed by atoms with Crippen LogP contribution in [0.1, 0.15) is 18.4 Å². The smallest absolute Gasteiger partial charge is 0.329 e. The molecular weight excluding hydrogens is 319 g/mol. The number of carbonyl (C=O) groups is 2. The lowest BCUT2D eigenvalue weighted by Crippen LogP contribution is -2.56. The third-order valence-electron chi connectivity index (χ3n) is 4.21. The number of carboxylic acid groups (broad SMARTS) is 1. The number of rotatable bonds is 4. The lowest BCUT2D eigenvalue weighted by molar-refractivity contribution is -0.148. The molecule has 1 aliphatic rings. The van der Waals surface area contributed by atoms with E-state index < -0.39 is 11.5 Å². The van der Waals surface area contributed by atoms with Crippen molar-refractivity contribution in [1.29, 1.82) is 0 Å². The molecule has 1 saturated heterocycles. The average Bonchev–Trinajstić information content (AvgIpc) is 2.90. The number of amides is 1. The second-order valence-electron chi connectivity index (χ2n) is 5.73. The van der Waals surface area contributed by atoms with Gasteiger partial charge >= 0.3 is 5.97 Å². The van der Waals surface area contributed by atoms with Crippen LogP contribution in [-0.2, 0) is 16.0 Å². The zero-order chi connectivity index (χ0) is 16.4. The largest absolute Gasteiger partial charge is 0.480 e. The Balaban J connectivity index is 1.76. The van der Waals surface area contributed by atoms with Gasteiger partial charge in [-0.05, 0) is 48.1 Å². The molecule has 0 spiro atoms. The molecule has 7 heteroatoms. The first kappa shape index (κ1) is 15.9. The first-order valence-electron chi connectivity index (χ1n) is 7.38. The fourth-order valence-corrected chi connectivity index (χ4v) is 4.09. The number of fused-ring (bicyclic) bond motifs is 1. The van der Waals surface area contributed by atoms with Gasteiger partial charge in [-0.15, -0.1) is 0 Å². The Morgan fingerprint density at radius 3 is 2.78 bits per heavy atom. The second kappa shape index (κ2) is 6.23. The molecule has 122 valence electrons. The van der Waals surface area contributed by atoms with Crippen molar-refractivity contribution < 1.29 is 19.1 Å². The summed E-state index contributed by atoms with van der Waals surface area (Å²) in [6.07, 6.45) is 2.58. The maximum absolute atomic E-state index is 13.2. The van der Waals surface area contributed by atoms with Crippen molar-refractivity contribution >= 4 is 34.5 Å². The van der Waals surface area contributed by atoms with Crippen LogP contribution in [0, 0.1) is 5.82 Å². The Kier molecular flexibility index (Phi) is 4.30. The Labute approximate surface area is 136 Å². The normalized spacial score (nSPS) is 17.1. The number of carbonyl (C=O) groups excluding carboxylic acids is 1. The summed E-state index contributed by atoms with van der Waals surface area (Å²) in [5, 5.41) is 13.0. The van der Waals surface area contributed by atoms with E-state index in [-0.39, 0.29) is 18.1 Å². The molecule has 1 fully saturated rings. The molecule has 2 aromatic rings. The van der Waals surface area contributed by atoms with Gasteiger partial charge in [-0.3, -0.25) is 4.79 Å². The van der Waals surface area contributed by atoms with Crippen molar-refractivity contribution in [2.24, 2.45) is 0 Å². The van der Waals surface area contributed by atoms with Gasteiger partial charge in [0.15, 0.2) is 0 Å². The van der Waals surface area contributed by atoms with E-state index in [4.69, 9.17) is 0 Å². The minimum absolute atomic E-state index is 0.0633. The highest BCUT2D eigenvalue weighted by molar-refractivity contribution is 7.99. The van der Waals surface area contributed by atoms with Crippen LogP contribution in [0.15, 0.2) is 24.4 Å². The number of carboxylic acids is 1. The summed E-state index contributed by atoms with van der Waals surface area (Å²) in [5.74, 6) is -0.214. The fraction of sp³-hybridized carbons (Fsp3) is 0.375. The highest BCUT2D eigenvalue weighted by Crippen LogP contribution is 2.28. The van der Waals surface area contributed by atoms with Gasteiger partial charge in [-0.2, -0.15) is 11.8 Å². The van der Waals surface area contributed by atoms with Crippen LogP contribution in [-0.4, -0.2) is 39.0 Å². The van der Waals surface area contributed by atoms with Crippen LogP contribution in [0.25, 0.3) is 10.9 Å². The summed E-state index contributed by atoms with van der Waals surface area (Å²) in [6.45, 7) is 0. The molecule has 23 heavy (non-hydrogen) atoms. The van der Waals surface area contributed by atoms with Crippen molar-refractivity contribution in [3.8, 4) is 0 Å². The van der Waals surface area contributed by atoms with Gasteiger partial charge in [0.05, 0.1) is 6.42 Å². The number of aromatic amines is 1. The maximum atomic E-state index is 13.2. The van der Waals surface area contributed by atoms with E-state index in [1.54, 1.807) is 24.0 Å². The summed E-state index contributed by atoms with van der Waals surface area (Å²) in [7, 11) is 0. The zero-order valence-corrected chi connectivity index (χ0v) is 13.2. The molecule has 3 N–H and O–H groups in total. The first-order chi connectivity index (χ1) is 11.0. The quantitative estimate of drug-likeness (QED) is 0.800. The molecule has 1 amide bonds. The second-order valence-corrected chi connectivity index (χ2v) is 6.95. The summed E-state index contributed by atoms with van der Waals surface area (Å²) in [5.41, 5.74) is 0.179. The lowest BCUT2D eigenvalue weighted by atomic mass is 9.92. The molecule has 1 aromatic carbocycles.